The van der Waals surface area contributed by atoms with Crippen molar-refractivity contribution < 1.29 is 14.4 Å². The third-order valence-electron chi connectivity index (χ3n) is 2.40. The molecule has 2 aromatic rings. The Hall–Kier alpha value is -2.30. The number of hydrogen-bond acceptors (Lipinski definition) is 4. The van der Waals surface area contributed by atoms with Crippen molar-refractivity contribution in [1.29, 1.82) is 0 Å². The predicted octanol–water partition coefficient (Wildman–Crippen LogP) is 1.62. The van der Waals surface area contributed by atoms with E-state index in [0.717, 1.165) is 0 Å². The molecule has 0 aliphatic carbocycles. The number of hydrogen-bond donors (Lipinski definition) is 2. The van der Waals surface area contributed by atoms with E-state index in [2.05, 4.69) is 15.0 Å². The Morgan fingerprint density at radius 1 is 1.47 bits per heavy atom. The van der Waals surface area contributed by atoms with Crippen molar-refractivity contribution in [3.05, 3.63) is 47.3 Å². The number of aryl methyl sites for hydroxylation is 1. The fourth-order valence-electron chi connectivity index (χ4n) is 1.44. The molecule has 0 radical (unpaired) electrons. The van der Waals surface area contributed by atoms with Crippen LogP contribution in [0.3, 0.4) is 0 Å². The number of benzene rings is 1. The van der Waals surface area contributed by atoms with Gasteiger partial charge in [-0.1, -0.05) is 17.3 Å². The molecule has 0 saturated heterocycles. The van der Waals surface area contributed by atoms with Crippen LogP contribution in [0.4, 0.5) is 0 Å². The number of carbonyl (C=O) groups excluding carboxylic acids is 1. The highest BCUT2D eigenvalue weighted by atomic mass is 16.5. The summed E-state index contributed by atoms with van der Waals surface area (Å²) in [6.45, 7) is 2.01. The summed E-state index contributed by atoms with van der Waals surface area (Å²) in [6, 6.07) is 6.70. The highest BCUT2D eigenvalue weighted by molar-refractivity contribution is 5.97. The van der Waals surface area contributed by atoms with E-state index in [1.54, 1.807) is 31.2 Å². The minimum absolute atomic E-state index is 0.00477. The first-order chi connectivity index (χ1) is 8.18. The maximum Gasteiger partial charge on any atom is 0.255 e. The van der Waals surface area contributed by atoms with Gasteiger partial charge >= 0.3 is 0 Å². The number of phenols is 1. The Kier molecular flexibility index (Phi) is 3.09. The molecular weight excluding hydrogens is 220 g/mol. The molecule has 1 amide bonds. The second kappa shape index (κ2) is 4.69. The first-order valence-electron chi connectivity index (χ1n) is 5.14. The largest absolute Gasteiger partial charge is 0.507 e. The second-order valence-corrected chi connectivity index (χ2v) is 3.64. The van der Waals surface area contributed by atoms with E-state index >= 15 is 0 Å². The van der Waals surface area contributed by atoms with E-state index in [4.69, 9.17) is 0 Å². The van der Waals surface area contributed by atoms with Crippen molar-refractivity contribution in [2.24, 2.45) is 0 Å². The van der Waals surface area contributed by atoms with Crippen LogP contribution >= 0.6 is 0 Å². The number of aromatic nitrogens is 1. The van der Waals surface area contributed by atoms with Gasteiger partial charge in [0.25, 0.3) is 5.91 Å². The molecule has 1 aromatic heterocycles. The van der Waals surface area contributed by atoms with Crippen molar-refractivity contribution in [3.8, 4) is 5.75 Å². The van der Waals surface area contributed by atoms with Gasteiger partial charge < -0.3 is 14.9 Å². The molecule has 0 saturated carbocycles. The summed E-state index contributed by atoms with van der Waals surface area (Å²) >= 11 is 0. The molecule has 5 nitrogen and oxygen atoms in total. The monoisotopic (exact) mass is 232 g/mol. The molecule has 0 aliphatic heterocycles. The Balaban J connectivity index is 2.07. The van der Waals surface area contributed by atoms with Crippen LogP contribution < -0.4 is 5.32 Å². The van der Waals surface area contributed by atoms with E-state index in [0.29, 0.717) is 11.3 Å². The second-order valence-electron chi connectivity index (χ2n) is 3.64. The molecule has 0 aliphatic rings. The van der Waals surface area contributed by atoms with Gasteiger partial charge in [-0.25, -0.2) is 0 Å². The lowest BCUT2D eigenvalue weighted by atomic mass is 10.1. The van der Waals surface area contributed by atoms with E-state index in [1.165, 1.54) is 6.26 Å². The van der Waals surface area contributed by atoms with Gasteiger partial charge in [0.2, 0.25) is 0 Å². The van der Waals surface area contributed by atoms with Gasteiger partial charge in [-0.05, 0) is 18.6 Å². The number of nitrogens with one attached hydrogen (secondary N) is 1. The Bertz CT molecular complexity index is 521. The minimum atomic E-state index is -0.339. The third-order valence-corrected chi connectivity index (χ3v) is 2.40. The maximum absolute atomic E-state index is 11.8. The topological polar surface area (TPSA) is 75.4 Å². The first kappa shape index (κ1) is 11.2. The number of carbonyl (C=O) groups is 1. The van der Waals surface area contributed by atoms with Crippen LogP contribution in [0.1, 0.15) is 21.6 Å². The van der Waals surface area contributed by atoms with Gasteiger partial charge in [-0.3, -0.25) is 4.79 Å². The summed E-state index contributed by atoms with van der Waals surface area (Å²) in [5.74, 6) is -0.334. The van der Waals surface area contributed by atoms with Crippen LogP contribution in [0.2, 0.25) is 0 Å². The van der Waals surface area contributed by atoms with Gasteiger partial charge in [0, 0.05) is 6.07 Å². The molecule has 0 spiro atoms. The zero-order chi connectivity index (χ0) is 12.3. The smallest absolute Gasteiger partial charge is 0.255 e. The molecule has 5 heteroatoms. The molecule has 2 N–H and O–H groups in total. The average Bonchev–Trinajstić information content (AvgIpc) is 2.82. The highest BCUT2D eigenvalue weighted by Gasteiger charge is 2.12. The van der Waals surface area contributed by atoms with Gasteiger partial charge in [0.15, 0.2) is 0 Å². The van der Waals surface area contributed by atoms with Crippen LogP contribution in [0.5, 0.6) is 5.75 Å². The summed E-state index contributed by atoms with van der Waals surface area (Å²) < 4.78 is 4.64. The quantitative estimate of drug-likeness (QED) is 0.843. The van der Waals surface area contributed by atoms with Crippen molar-refractivity contribution in [1.82, 2.24) is 10.5 Å². The lowest BCUT2D eigenvalue weighted by molar-refractivity contribution is 0.0947. The maximum atomic E-state index is 11.8. The number of aromatic hydroxyl groups is 1. The highest BCUT2D eigenvalue weighted by Crippen LogP contribution is 2.21. The molecule has 0 atom stereocenters. The Morgan fingerprint density at radius 3 is 3.00 bits per heavy atom. The van der Waals surface area contributed by atoms with Gasteiger partial charge in [0.1, 0.15) is 17.7 Å². The van der Waals surface area contributed by atoms with E-state index in [9.17, 15) is 9.90 Å². The lowest BCUT2D eigenvalue weighted by Crippen LogP contribution is -2.23. The Labute approximate surface area is 98.1 Å². The van der Waals surface area contributed by atoms with Crippen LogP contribution in [-0.2, 0) is 6.54 Å². The van der Waals surface area contributed by atoms with E-state index in [1.807, 2.05) is 0 Å². The summed E-state index contributed by atoms with van der Waals surface area (Å²) in [6.07, 6.45) is 1.44. The van der Waals surface area contributed by atoms with Gasteiger partial charge in [0.05, 0.1) is 12.1 Å². The summed E-state index contributed by atoms with van der Waals surface area (Å²) in [7, 11) is 0. The normalized spacial score (nSPS) is 10.2. The van der Waals surface area contributed by atoms with E-state index in [-0.39, 0.29) is 23.8 Å². The molecule has 88 valence electrons. The number of nitrogens with zero attached hydrogens (tertiary/aromatic N) is 1. The zero-order valence-electron chi connectivity index (χ0n) is 9.30. The third kappa shape index (κ3) is 2.44. The first-order valence-corrected chi connectivity index (χ1v) is 5.14. The van der Waals surface area contributed by atoms with Crippen LogP contribution in [0, 0.1) is 6.92 Å². The number of rotatable bonds is 3. The standard InChI is InChI=1S/C12H12N2O3/c1-8-3-2-4-10(11(8)15)12(16)13-7-9-5-6-17-14-9/h2-6,15H,7H2,1H3,(H,13,16). The van der Waals surface area contributed by atoms with Crippen molar-refractivity contribution in [3.63, 3.8) is 0 Å². The SMILES string of the molecule is Cc1cccc(C(=O)NCc2ccon2)c1O. The molecule has 0 unspecified atom stereocenters. The minimum Gasteiger partial charge on any atom is -0.507 e. The van der Waals surface area contributed by atoms with Crippen LogP contribution in [-0.4, -0.2) is 16.2 Å². The molecule has 1 aromatic carbocycles. The lowest BCUT2D eigenvalue weighted by Gasteiger charge is -2.06. The molecule has 0 fully saturated rings. The molecular formula is C12H12N2O3. The van der Waals surface area contributed by atoms with Crippen LogP contribution in [0.25, 0.3) is 0 Å². The van der Waals surface area contributed by atoms with E-state index < -0.39 is 0 Å². The molecule has 17 heavy (non-hydrogen) atoms. The molecule has 1 heterocycles. The fraction of sp³-hybridized carbons (Fsp3) is 0.167. The average molecular weight is 232 g/mol. The van der Waals surface area contributed by atoms with Crippen LogP contribution in [0.15, 0.2) is 35.1 Å². The number of phenolic OH excluding ortho intramolecular Hbond substituents is 1. The zero-order valence-corrected chi connectivity index (χ0v) is 9.30. The van der Waals surface area contributed by atoms with Crippen molar-refractivity contribution in [2.45, 2.75) is 13.5 Å². The molecule has 0 bridgehead atoms. The number of para-hydroxylation sites is 1. The van der Waals surface area contributed by atoms with Crippen molar-refractivity contribution in [2.75, 3.05) is 0 Å². The molecule has 2 rings (SSSR count). The summed E-state index contributed by atoms with van der Waals surface area (Å²) in [5, 5.41) is 16.0. The summed E-state index contributed by atoms with van der Waals surface area (Å²) in [5.41, 5.74) is 1.55. The fourth-order valence-corrected chi connectivity index (χ4v) is 1.44. The Morgan fingerprint density at radius 2 is 2.29 bits per heavy atom. The van der Waals surface area contributed by atoms with Gasteiger partial charge in [-0.15, -0.1) is 0 Å². The summed E-state index contributed by atoms with van der Waals surface area (Å²) in [4.78, 5) is 11.8. The predicted molar refractivity (Wildman–Crippen MR) is 60.5 cm³/mol. The van der Waals surface area contributed by atoms with Gasteiger partial charge in [-0.2, -0.15) is 0 Å². The van der Waals surface area contributed by atoms with Crippen molar-refractivity contribution >= 4 is 5.91 Å². The number of amides is 1.